The molecule has 0 spiro atoms. The average Bonchev–Trinajstić information content (AvgIpc) is 3.33. The molecule has 3 rings (SSSR count). The highest BCUT2D eigenvalue weighted by atomic mass is 16.5. The van der Waals surface area contributed by atoms with E-state index in [0.717, 1.165) is 30.0 Å². The second-order valence-electron chi connectivity index (χ2n) is 6.37. The van der Waals surface area contributed by atoms with E-state index in [1.807, 2.05) is 24.6 Å². The van der Waals surface area contributed by atoms with Crippen molar-refractivity contribution in [2.24, 2.45) is 0 Å². The summed E-state index contributed by atoms with van der Waals surface area (Å²) in [6.07, 6.45) is 6.21. The Bertz CT molecular complexity index is 899. The van der Waals surface area contributed by atoms with Gasteiger partial charge in [0.05, 0.1) is 24.7 Å². The minimum Gasteiger partial charge on any atom is -0.493 e. The molecule has 0 aliphatic rings. The SMILES string of the molecule is COc1cc(C(=O)NCCCn2ccnc2)ccc1OCc1c(C)noc1C. The summed E-state index contributed by atoms with van der Waals surface area (Å²) in [5.41, 5.74) is 2.22. The third-order valence-corrected chi connectivity index (χ3v) is 4.42. The summed E-state index contributed by atoms with van der Waals surface area (Å²) < 4.78 is 18.3. The van der Waals surface area contributed by atoms with Gasteiger partial charge in [-0.25, -0.2) is 4.98 Å². The number of aromatic nitrogens is 3. The topological polar surface area (TPSA) is 91.4 Å². The molecule has 28 heavy (non-hydrogen) atoms. The summed E-state index contributed by atoms with van der Waals surface area (Å²) in [4.78, 5) is 16.4. The van der Waals surface area contributed by atoms with Crippen LogP contribution in [0.15, 0.2) is 41.4 Å². The fourth-order valence-corrected chi connectivity index (χ4v) is 2.77. The zero-order valence-corrected chi connectivity index (χ0v) is 16.3. The minimum atomic E-state index is -0.152. The summed E-state index contributed by atoms with van der Waals surface area (Å²) in [7, 11) is 1.55. The van der Waals surface area contributed by atoms with Crippen molar-refractivity contribution in [2.45, 2.75) is 33.4 Å². The Morgan fingerprint density at radius 2 is 2.14 bits per heavy atom. The Balaban J connectivity index is 1.56. The molecule has 0 bridgehead atoms. The number of carbonyl (C=O) groups is 1. The Kier molecular flexibility index (Phi) is 6.31. The number of aryl methyl sites for hydroxylation is 3. The van der Waals surface area contributed by atoms with Gasteiger partial charge >= 0.3 is 0 Å². The van der Waals surface area contributed by atoms with E-state index >= 15 is 0 Å². The van der Waals surface area contributed by atoms with Crippen LogP contribution >= 0.6 is 0 Å². The first-order valence-electron chi connectivity index (χ1n) is 9.05. The molecule has 0 aliphatic carbocycles. The van der Waals surface area contributed by atoms with Crippen molar-refractivity contribution in [1.82, 2.24) is 20.0 Å². The van der Waals surface area contributed by atoms with Gasteiger partial charge in [0.2, 0.25) is 0 Å². The largest absolute Gasteiger partial charge is 0.493 e. The second-order valence-corrected chi connectivity index (χ2v) is 6.37. The predicted molar refractivity (Wildman–Crippen MR) is 102 cm³/mol. The third kappa shape index (κ3) is 4.70. The first-order valence-corrected chi connectivity index (χ1v) is 9.05. The molecule has 8 heteroatoms. The van der Waals surface area contributed by atoms with Crippen molar-refractivity contribution in [1.29, 1.82) is 0 Å². The molecule has 2 aromatic heterocycles. The van der Waals surface area contributed by atoms with E-state index < -0.39 is 0 Å². The van der Waals surface area contributed by atoms with Crippen molar-refractivity contribution in [3.05, 3.63) is 59.5 Å². The standard InChI is InChI=1S/C20H24N4O4/c1-14-17(15(2)28-23-14)12-27-18-6-5-16(11-19(18)26-3)20(25)22-7-4-9-24-10-8-21-13-24/h5-6,8,10-11,13H,4,7,9,12H2,1-3H3,(H,22,25). The zero-order valence-electron chi connectivity index (χ0n) is 16.3. The highest BCUT2D eigenvalue weighted by molar-refractivity contribution is 5.94. The molecule has 1 aromatic carbocycles. The molecule has 0 saturated heterocycles. The van der Waals surface area contributed by atoms with Crippen LogP contribution in [-0.4, -0.2) is 34.3 Å². The second kappa shape index (κ2) is 9.07. The van der Waals surface area contributed by atoms with E-state index in [-0.39, 0.29) is 5.91 Å². The van der Waals surface area contributed by atoms with Gasteiger partial charge in [0.1, 0.15) is 12.4 Å². The van der Waals surface area contributed by atoms with E-state index in [2.05, 4.69) is 15.5 Å². The van der Waals surface area contributed by atoms with Crippen LogP contribution in [0, 0.1) is 13.8 Å². The van der Waals surface area contributed by atoms with Crippen molar-refractivity contribution in [2.75, 3.05) is 13.7 Å². The van der Waals surface area contributed by atoms with Crippen LogP contribution in [-0.2, 0) is 13.2 Å². The molecule has 1 N–H and O–H groups in total. The Morgan fingerprint density at radius 3 is 2.82 bits per heavy atom. The number of carbonyl (C=O) groups excluding carboxylic acids is 1. The Morgan fingerprint density at radius 1 is 1.29 bits per heavy atom. The number of amides is 1. The van der Waals surface area contributed by atoms with E-state index in [4.69, 9.17) is 14.0 Å². The molecule has 0 saturated carbocycles. The van der Waals surface area contributed by atoms with Crippen LogP contribution < -0.4 is 14.8 Å². The first-order chi connectivity index (χ1) is 13.6. The molecule has 0 radical (unpaired) electrons. The molecule has 8 nitrogen and oxygen atoms in total. The molecular formula is C20H24N4O4. The maximum Gasteiger partial charge on any atom is 0.251 e. The van der Waals surface area contributed by atoms with Crippen LogP contribution in [0.5, 0.6) is 11.5 Å². The number of imidazole rings is 1. The lowest BCUT2D eigenvalue weighted by molar-refractivity contribution is 0.0952. The van der Waals surface area contributed by atoms with Gasteiger partial charge < -0.3 is 23.9 Å². The first kappa shape index (κ1) is 19.5. The number of nitrogens with zero attached hydrogens (tertiary/aromatic N) is 3. The van der Waals surface area contributed by atoms with E-state index in [1.165, 1.54) is 0 Å². The minimum absolute atomic E-state index is 0.152. The van der Waals surface area contributed by atoms with Gasteiger partial charge in [0.15, 0.2) is 11.5 Å². The van der Waals surface area contributed by atoms with Crippen LogP contribution in [0.2, 0.25) is 0 Å². The van der Waals surface area contributed by atoms with Crippen molar-refractivity contribution < 1.29 is 18.8 Å². The molecule has 1 amide bonds. The number of methoxy groups -OCH3 is 1. The quantitative estimate of drug-likeness (QED) is 0.571. The summed E-state index contributed by atoms with van der Waals surface area (Å²) in [5, 5.41) is 6.83. The number of ether oxygens (including phenoxy) is 2. The highest BCUT2D eigenvalue weighted by Crippen LogP contribution is 2.29. The fraction of sp³-hybridized carbons (Fsp3) is 0.350. The van der Waals surface area contributed by atoms with Gasteiger partial charge in [-0.2, -0.15) is 0 Å². The lowest BCUT2D eigenvalue weighted by Gasteiger charge is -2.12. The molecule has 2 heterocycles. The predicted octanol–water partition coefficient (Wildman–Crippen LogP) is 2.90. The maximum atomic E-state index is 12.4. The van der Waals surface area contributed by atoms with Crippen LogP contribution in [0.3, 0.4) is 0 Å². The van der Waals surface area contributed by atoms with Gasteiger partial charge in [-0.15, -0.1) is 0 Å². The molecule has 3 aromatic rings. The third-order valence-electron chi connectivity index (χ3n) is 4.42. The molecule has 0 aliphatic heterocycles. The van der Waals surface area contributed by atoms with E-state index in [1.54, 1.807) is 37.8 Å². The van der Waals surface area contributed by atoms with Crippen LogP contribution in [0.1, 0.15) is 33.8 Å². The fourth-order valence-electron chi connectivity index (χ4n) is 2.77. The van der Waals surface area contributed by atoms with Crippen LogP contribution in [0.4, 0.5) is 0 Å². The summed E-state index contributed by atoms with van der Waals surface area (Å²) in [6, 6.07) is 5.13. The highest BCUT2D eigenvalue weighted by Gasteiger charge is 2.14. The van der Waals surface area contributed by atoms with Gasteiger partial charge in [-0.3, -0.25) is 4.79 Å². The van der Waals surface area contributed by atoms with Crippen molar-refractivity contribution in [3.63, 3.8) is 0 Å². The average molecular weight is 384 g/mol. The van der Waals surface area contributed by atoms with Gasteiger partial charge in [0.25, 0.3) is 5.91 Å². The lowest BCUT2D eigenvalue weighted by atomic mass is 10.2. The van der Waals surface area contributed by atoms with E-state index in [0.29, 0.717) is 30.2 Å². The summed E-state index contributed by atoms with van der Waals surface area (Å²) >= 11 is 0. The van der Waals surface area contributed by atoms with Crippen molar-refractivity contribution in [3.8, 4) is 11.5 Å². The number of hydrogen-bond donors (Lipinski definition) is 1. The van der Waals surface area contributed by atoms with Gasteiger partial charge in [0, 0.05) is 31.0 Å². The molecule has 148 valence electrons. The number of rotatable bonds is 9. The zero-order chi connectivity index (χ0) is 19.9. The normalized spacial score (nSPS) is 10.7. The maximum absolute atomic E-state index is 12.4. The number of hydrogen-bond acceptors (Lipinski definition) is 6. The summed E-state index contributed by atoms with van der Waals surface area (Å²) in [6.45, 7) is 5.40. The monoisotopic (exact) mass is 384 g/mol. The Hall–Kier alpha value is -3.29. The Labute approximate surface area is 163 Å². The number of nitrogens with one attached hydrogen (secondary N) is 1. The lowest BCUT2D eigenvalue weighted by Crippen LogP contribution is -2.25. The van der Waals surface area contributed by atoms with Gasteiger partial charge in [-0.05, 0) is 38.5 Å². The number of benzene rings is 1. The van der Waals surface area contributed by atoms with Gasteiger partial charge in [-0.1, -0.05) is 5.16 Å². The molecule has 0 unspecified atom stereocenters. The molecule has 0 atom stereocenters. The summed E-state index contributed by atoms with van der Waals surface area (Å²) in [5.74, 6) is 1.63. The van der Waals surface area contributed by atoms with E-state index in [9.17, 15) is 4.79 Å². The molecule has 0 fully saturated rings. The van der Waals surface area contributed by atoms with Crippen molar-refractivity contribution >= 4 is 5.91 Å². The molecular weight excluding hydrogens is 360 g/mol. The van der Waals surface area contributed by atoms with Crippen LogP contribution in [0.25, 0.3) is 0 Å². The smallest absolute Gasteiger partial charge is 0.251 e.